The largest absolute Gasteiger partial charge is 0.475 e. The molecule has 4 nitrogen and oxygen atoms in total. The molecule has 3 rings (SSSR count). The molecule has 0 unspecified atom stereocenters. The van der Waals surface area contributed by atoms with Crippen molar-refractivity contribution in [2.75, 3.05) is 17.7 Å². The van der Waals surface area contributed by atoms with Crippen molar-refractivity contribution in [2.45, 2.75) is 31.3 Å². The summed E-state index contributed by atoms with van der Waals surface area (Å²) in [5.74, 6) is 0.807. The van der Waals surface area contributed by atoms with E-state index in [9.17, 15) is 4.79 Å². The van der Waals surface area contributed by atoms with Crippen LogP contribution in [0.15, 0.2) is 18.2 Å². The number of nitrogens with zero attached hydrogens (tertiary/aromatic N) is 1. The standard InChI is InChI=1S/C13H16N2O2/c1-15-10-5-4-9(14)8-11(10)17-13(12(15)16)6-2-3-7-13/h4-5,8H,2-3,6-7,14H2,1H3. The summed E-state index contributed by atoms with van der Waals surface area (Å²) in [4.78, 5) is 14.1. The fraction of sp³-hybridized carbons (Fsp3) is 0.462. The smallest absolute Gasteiger partial charge is 0.271 e. The Morgan fingerprint density at radius 2 is 2.06 bits per heavy atom. The number of fused-ring (bicyclic) bond motifs is 1. The highest BCUT2D eigenvalue weighted by atomic mass is 16.5. The third kappa shape index (κ3) is 1.40. The van der Waals surface area contributed by atoms with Gasteiger partial charge in [0.2, 0.25) is 0 Å². The fourth-order valence-corrected chi connectivity index (χ4v) is 2.82. The predicted octanol–water partition coefficient (Wildman–Crippen LogP) is 1.94. The Kier molecular flexibility index (Phi) is 2.08. The van der Waals surface area contributed by atoms with E-state index in [-0.39, 0.29) is 5.91 Å². The van der Waals surface area contributed by atoms with E-state index in [1.807, 2.05) is 6.07 Å². The summed E-state index contributed by atoms with van der Waals surface area (Å²) >= 11 is 0. The first-order valence-electron chi connectivity index (χ1n) is 5.99. The lowest BCUT2D eigenvalue weighted by atomic mass is 9.97. The summed E-state index contributed by atoms with van der Waals surface area (Å²) < 4.78 is 5.97. The van der Waals surface area contributed by atoms with Gasteiger partial charge in [-0.3, -0.25) is 4.79 Å². The number of amides is 1. The molecule has 1 fully saturated rings. The molecule has 1 saturated carbocycles. The average Bonchev–Trinajstić information content (AvgIpc) is 2.75. The molecule has 1 aromatic carbocycles. The van der Waals surface area contributed by atoms with Gasteiger partial charge in [-0.15, -0.1) is 0 Å². The first kappa shape index (κ1) is 10.4. The normalized spacial score (nSPS) is 21.5. The second-order valence-corrected chi connectivity index (χ2v) is 4.89. The highest BCUT2D eigenvalue weighted by molar-refractivity contribution is 6.02. The number of nitrogens with two attached hydrogens (primary N) is 1. The zero-order valence-corrected chi connectivity index (χ0v) is 9.90. The molecular weight excluding hydrogens is 216 g/mol. The van der Waals surface area contributed by atoms with Gasteiger partial charge in [0.1, 0.15) is 5.75 Å². The molecule has 0 bridgehead atoms. The quantitative estimate of drug-likeness (QED) is 0.695. The van der Waals surface area contributed by atoms with Gasteiger partial charge in [-0.2, -0.15) is 0 Å². The summed E-state index contributed by atoms with van der Waals surface area (Å²) in [6, 6.07) is 5.43. The van der Waals surface area contributed by atoms with Crippen LogP contribution in [0.2, 0.25) is 0 Å². The van der Waals surface area contributed by atoms with Crippen molar-refractivity contribution in [1.82, 2.24) is 0 Å². The molecule has 0 aromatic heterocycles. The number of benzene rings is 1. The van der Waals surface area contributed by atoms with E-state index in [4.69, 9.17) is 10.5 Å². The van der Waals surface area contributed by atoms with Crippen molar-refractivity contribution in [2.24, 2.45) is 0 Å². The number of likely N-dealkylation sites (N-methyl/N-ethyl adjacent to an activating group) is 1. The molecule has 0 atom stereocenters. The number of nitrogen functional groups attached to an aromatic ring is 1. The van der Waals surface area contributed by atoms with Crippen LogP contribution in [0, 0.1) is 0 Å². The van der Waals surface area contributed by atoms with Crippen molar-refractivity contribution in [3.05, 3.63) is 18.2 Å². The summed E-state index contributed by atoms with van der Waals surface area (Å²) in [5, 5.41) is 0. The molecule has 2 aliphatic rings. The molecule has 1 aliphatic carbocycles. The maximum atomic E-state index is 12.4. The third-order valence-corrected chi connectivity index (χ3v) is 3.76. The van der Waals surface area contributed by atoms with Crippen LogP contribution in [-0.4, -0.2) is 18.6 Å². The number of hydrogen-bond donors (Lipinski definition) is 1. The maximum absolute atomic E-state index is 12.4. The van der Waals surface area contributed by atoms with Crippen molar-refractivity contribution in [3.8, 4) is 5.75 Å². The van der Waals surface area contributed by atoms with Crippen LogP contribution in [-0.2, 0) is 4.79 Å². The van der Waals surface area contributed by atoms with Gasteiger partial charge in [-0.1, -0.05) is 0 Å². The molecule has 1 spiro atoms. The van der Waals surface area contributed by atoms with Gasteiger partial charge in [-0.05, 0) is 37.8 Å². The van der Waals surface area contributed by atoms with E-state index in [0.717, 1.165) is 37.1 Å². The lowest BCUT2D eigenvalue weighted by molar-refractivity contribution is -0.134. The van der Waals surface area contributed by atoms with Crippen LogP contribution in [0.5, 0.6) is 5.75 Å². The molecule has 1 heterocycles. The number of hydrogen-bond acceptors (Lipinski definition) is 3. The molecule has 17 heavy (non-hydrogen) atoms. The van der Waals surface area contributed by atoms with E-state index < -0.39 is 5.60 Å². The minimum atomic E-state index is -0.629. The number of ether oxygens (including phenoxy) is 1. The Hall–Kier alpha value is -1.71. The van der Waals surface area contributed by atoms with Gasteiger partial charge in [0, 0.05) is 18.8 Å². The second-order valence-electron chi connectivity index (χ2n) is 4.89. The van der Waals surface area contributed by atoms with E-state index in [1.165, 1.54) is 0 Å². The van der Waals surface area contributed by atoms with E-state index in [2.05, 4.69) is 0 Å². The van der Waals surface area contributed by atoms with Crippen LogP contribution >= 0.6 is 0 Å². The highest BCUT2D eigenvalue weighted by Gasteiger charge is 2.48. The minimum absolute atomic E-state index is 0.0762. The summed E-state index contributed by atoms with van der Waals surface area (Å²) in [6.07, 6.45) is 3.73. The molecular formula is C13H16N2O2. The lowest BCUT2D eigenvalue weighted by Gasteiger charge is -2.39. The Morgan fingerprint density at radius 3 is 2.76 bits per heavy atom. The topological polar surface area (TPSA) is 55.6 Å². The van der Waals surface area contributed by atoms with Gasteiger partial charge in [0.25, 0.3) is 5.91 Å². The van der Waals surface area contributed by atoms with E-state index >= 15 is 0 Å². The molecule has 1 amide bonds. The number of carbonyl (C=O) groups is 1. The van der Waals surface area contributed by atoms with Gasteiger partial charge in [-0.25, -0.2) is 0 Å². The summed E-state index contributed by atoms with van der Waals surface area (Å²) in [6.45, 7) is 0. The Bertz CT molecular complexity index is 478. The maximum Gasteiger partial charge on any atom is 0.271 e. The van der Waals surface area contributed by atoms with Crippen LogP contribution in [0.3, 0.4) is 0 Å². The minimum Gasteiger partial charge on any atom is -0.475 e. The van der Waals surface area contributed by atoms with Crippen molar-refractivity contribution in [3.63, 3.8) is 0 Å². The predicted molar refractivity (Wildman–Crippen MR) is 66.1 cm³/mol. The Labute approximate surface area is 100 Å². The number of anilines is 2. The van der Waals surface area contributed by atoms with Crippen molar-refractivity contribution >= 4 is 17.3 Å². The van der Waals surface area contributed by atoms with E-state index in [1.54, 1.807) is 24.1 Å². The molecule has 0 radical (unpaired) electrons. The molecule has 1 aliphatic heterocycles. The van der Waals surface area contributed by atoms with Gasteiger partial charge in [0.05, 0.1) is 5.69 Å². The molecule has 0 saturated heterocycles. The van der Waals surface area contributed by atoms with Crippen molar-refractivity contribution < 1.29 is 9.53 Å². The third-order valence-electron chi connectivity index (χ3n) is 3.76. The Morgan fingerprint density at radius 1 is 1.35 bits per heavy atom. The fourth-order valence-electron chi connectivity index (χ4n) is 2.82. The van der Waals surface area contributed by atoms with Gasteiger partial charge < -0.3 is 15.4 Å². The van der Waals surface area contributed by atoms with Crippen molar-refractivity contribution in [1.29, 1.82) is 0 Å². The molecule has 1 aromatic rings. The zero-order valence-electron chi connectivity index (χ0n) is 9.90. The first-order chi connectivity index (χ1) is 8.12. The highest BCUT2D eigenvalue weighted by Crippen LogP contribution is 2.44. The Balaban J connectivity index is 2.09. The van der Waals surface area contributed by atoms with Gasteiger partial charge in [0.15, 0.2) is 5.60 Å². The van der Waals surface area contributed by atoms with Crippen LogP contribution < -0.4 is 15.4 Å². The summed E-state index contributed by atoms with van der Waals surface area (Å²) in [7, 11) is 1.81. The SMILES string of the molecule is CN1C(=O)C2(CCCC2)Oc2cc(N)ccc21. The zero-order chi connectivity index (χ0) is 12.0. The second kappa shape index (κ2) is 3.39. The first-order valence-corrected chi connectivity index (χ1v) is 5.99. The molecule has 2 N–H and O–H groups in total. The van der Waals surface area contributed by atoms with Crippen LogP contribution in [0.25, 0.3) is 0 Å². The lowest BCUT2D eigenvalue weighted by Crippen LogP contribution is -2.53. The van der Waals surface area contributed by atoms with Gasteiger partial charge >= 0.3 is 0 Å². The van der Waals surface area contributed by atoms with E-state index in [0.29, 0.717) is 5.69 Å². The number of carbonyl (C=O) groups excluding carboxylic acids is 1. The van der Waals surface area contributed by atoms with Crippen LogP contribution in [0.1, 0.15) is 25.7 Å². The monoisotopic (exact) mass is 232 g/mol. The average molecular weight is 232 g/mol. The summed E-state index contributed by atoms with van der Waals surface area (Å²) in [5.41, 5.74) is 6.61. The number of rotatable bonds is 0. The van der Waals surface area contributed by atoms with Crippen LogP contribution in [0.4, 0.5) is 11.4 Å². The molecule has 4 heteroatoms. The molecule has 90 valence electrons.